The number of aliphatic hydroxyl groups is 1. The van der Waals surface area contributed by atoms with Crippen LogP contribution < -0.4 is 10.1 Å². The zero-order valence-electron chi connectivity index (χ0n) is 15.9. The molecule has 1 aromatic carbocycles. The summed E-state index contributed by atoms with van der Waals surface area (Å²) < 4.78 is 7.34. The molecule has 0 unspecified atom stereocenters. The summed E-state index contributed by atoms with van der Waals surface area (Å²) in [5.74, 6) is 1.46. The van der Waals surface area contributed by atoms with Crippen LogP contribution in [0.25, 0.3) is 0 Å². The minimum atomic E-state index is -0.503. The van der Waals surface area contributed by atoms with E-state index in [2.05, 4.69) is 20.3 Å². The first-order valence-corrected chi connectivity index (χ1v) is 9.87. The molecule has 0 spiro atoms. The molecule has 1 amide bonds. The number of carbonyl (C=O) groups excluding carboxylic acids is 1. The molecule has 0 radical (unpaired) electrons. The molecule has 1 saturated carbocycles. The lowest BCUT2D eigenvalue weighted by Gasteiger charge is -2.35. The molecule has 4 atom stereocenters. The second kappa shape index (κ2) is 8.70. The Kier molecular flexibility index (Phi) is 5.87. The van der Waals surface area contributed by atoms with Gasteiger partial charge in [0.05, 0.1) is 18.7 Å². The van der Waals surface area contributed by atoms with Gasteiger partial charge in [0, 0.05) is 19.6 Å². The summed E-state index contributed by atoms with van der Waals surface area (Å²) in [6.45, 7) is 3.70. The van der Waals surface area contributed by atoms with Crippen LogP contribution in [-0.4, -0.2) is 69.1 Å². The lowest BCUT2D eigenvalue weighted by atomic mass is 9.77. The summed E-state index contributed by atoms with van der Waals surface area (Å²) in [6, 6.07) is 9.07. The van der Waals surface area contributed by atoms with Crippen molar-refractivity contribution >= 4 is 5.91 Å². The number of nitrogens with zero attached hydrogens (tertiary/aromatic N) is 4. The van der Waals surface area contributed by atoms with Crippen LogP contribution in [0, 0.1) is 11.8 Å². The van der Waals surface area contributed by atoms with E-state index in [1.165, 1.54) is 0 Å². The zero-order chi connectivity index (χ0) is 19.3. The standard InChI is InChI=1S/C20H27N5O3/c26-19-9-16-11-24(6-7-25-14-21-13-22-25)10-15(16)8-18(19)23-20(27)12-28-17-4-2-1-3-5-17/h1-5,13-16,18-19,26H,6-12H2,(H,23,27)/t15-,16+,18-,19-/m0/s1. The van der Waals surface area contributed by atoms with Gasteiger partial charge in [0.1, 0.15) is 18.4 Å². The van der Waals surface area contributed by atoms with Gasteiger partial charge < -0.3 is 20.1 Å². The van der Waals surface area contributed by atoms with Crippen molar-refractivity contribution in [1.29, 1.82) is 0 Å². The molecule has 2 N–H and O–H groups in total. The Hall–Kier alpha value is -2.45. The zero-order valence-corrected chi connectivity index (χ0v) is 15.9. The van der Waals surface area contributed by atoms with Gasteiger partial charge in [0.15, 0.2) is 6.61 Å². The number of hydrogen-bond donors (Lipinski definition) is 2. The van der Waals surface area contributed by atoms with Gasteiger partial charge in [-0.3, -0.25) is 9.48 Å². The minimum Gasteiger partial charge on any atom is -0.484 e. The predicted octanol–water partition coefficient (Wildman–Crippen LogP) is 0.545. The average Bonchev–Trinajstić information content (AvgIpc) is 3.35. The molecule has 2 aliphatic rings. The fourth-order valence-electron chi connectivity index (χ4n) is 4.37. The average molecular weight is 385 g/mol. The number of likely N-dealkylation sites (tertiary alicyclic amines) is 1. The van der Waals surface area contributed by atoms with Crippen LogP contribution in [0.5, 0.6) is 5.75 Å². The van der Waals surface area contributed by atoms with E-state index in [0.717, 1.165) is 39.0 Å². The van der Waals surface area contributed by atoms with Crippen LogP contribution in [0.2, 0.25) is 0 Å². The number of rotatable bonds is 7. The van der Waals surface area contributed by atoms with Gasteiger partial charge in [-0.15, -0.1) is 0 Å². The third-order valence-electron chi connectivity index (χ3n) is 5.79. The fourth-order valence-corrected chi connectivity index (χ4v) is 4.37. The number of amides is 1. The number of carbonyl (C=O) groups is 1. The Balaban J connectivity index is 1.24. The number of para-hydroxylation sites is 1. The fraction of sp³-hybridized carbons (Fsp3) is 0.550. The lowest BCUT2D eigenvalue weighted by Crippen LogP contribution is -2.50. The lowest BCUT2D eigenvalue weighted by molar-refractivity contribution is -0.125. The van der Waals surface area contributed by atoms with Crippen molar-refractivity contribution < 1.29 is 14.6 Å². The van der Waals surface area contributed by atoms with Crippen LogP contribution in [0.4, 0.5) is 0 Å². The van der Waals surface area contributed by atoms with Crippen molar-refractivity contribution in [2.45, 2.75) is 31.5 Å². The van der Waals surface area contributed by atoms with E-state index < -0.39 is 6.10 Å². The van der Waals surface area contributed by atoms with Gasteiger partial charge in [-0.05, 0) is 36.8 Å². The smallest absolute Gasteiger partial charge is 0.258 e. The third-order valence-corrected chi connectivity index (χ3v) is 5.79. The number of nitrogens with one attached hydrogen (secondary N) is 1. The first kappa shape index (κ1) is 18.9. The molecule has 8 nitrogen and oxygen atoms in total. The van der Waals surface area contributed by atoms with Gasteiger partial charge in [-0.2, -0.15) is 5.10 Å². The molecular weight excluding hydrogens is 358 g/mol. The van der Waals surface area contributed by atoms with Gasteiger partial charge in [-0.1, -0.05) is 18.2 Å². The molecular formula is C20H27N5O3. The molecule has 2 fully saturated rings. The summed E-state index contributed by atoms with van der Waals surface area (Å²) in [7, 11) is 0. The molecule has 1 aromatic heterocycles. The van der Waals surface area contributed by atoms with Gasteiger partial charge in [0.25, 0.3) is 5.91 Å². The summed E-state index contributed by atoms with van der Waals surface area (Å²) in [6.07, 6.45) is 4.32. The normalized spacial score (nSPS) is 27.3. The van der Waals surface area contributed by atoms with E-state index >= 15 is 0 Å². The molecule has 8 heteroatoms. The Bertz CT molecular complexity index is 754. The maximum absolute atomic E-state index is 12.2. The van der Waals surface area contributed by atoms with Gasteiger partial charge in [-0.25, -0.2) is 4.98 Å². The van der Waals surface area contributed by atoms with E-state index in [9.17, 15) is 9.90 Å². The second-order valence-electron chi connectivity index (χ2n) is 7.75. The molecule has 1 aliphatic carbocycles. The minimum absolute atomic E-state index is 0.0363. The number of fused-ring (bicyclic) bond motifs is 1. The Morgan fingerprint density at radius 2 is 1.96 bits per heavy atom. The summed E-state index contributed by atoms with van der Waals surface area (Å²) in [5.41, 5.74) is 0. The maximum Gasteiger partial charge on any atom is 0.258 e. The topological polar surface area (TPSA) is 92.5 Å². The van der Waals surface area contributed by atoms with Crippen molar-refractivity contribution in [3.8, 4) is 5.75 Å². The number of hydrogen-bond acceptors (Lipinski definition) is 6. The highest BCUT2D eigenvalue weighted by Gasteiger charge is 2.41. The molecule has 1 aliphatic heterocycles. The number of aliphatic hydroxyl groups excluding tert-OH is 1. The van der Waals surface area contributed by atoms with Crippen molar-refractivity contribution in [2.75, 3.05) is 26.2 Å². The van der Waals surface area contributed by atoms with E-state index in [1.807, 2.05) is 35.0 Å². The van der Waals surface area contributed by atoms with Crippen LogP contribution in [-0.2, 0) is 11.3 Å². The van der Waals surface area contributed by atoms with Gasteiger partial charge in [0.2, 0.25) is 0 Å². The molecule has 150 valence electrons. The molecule has 28 heavy (non-hydrogen) atoms. The van der Waals surface area contributed by atoms with Crippen molar-refractivity contribution in [1.82, 2.24) is 25.0 Å². The summed E-state index contributed by atoms with van der Waals surface area (Å²) in [4.78, 5) is 18.6. The first-order chi connectivity index (χ1) is 13.7. The monoisotopic (exact) mass is 385 g/mol. The highest BCUT2D eigenvalue weighted by atomic mass is 16.5. The van der Waals surface area contributed by atoms with E-state index in [4.69, 9.17) is 4.74 Å². The molecule has 1 saturated heterocycles. The van der Waals surface area contributed by atoms with E-state index in [1.54, 1.807) is 12.7 Å². The number of benzene rings is 1. The van der Waals surface area contributed by atoms with Crippen molar-refractivity contribution in [2.24, 2.45) is 11.8 Å². The number of ether oxygens (including phenoxy) is 1. The number of aromatic nitrogens is 3. The first-order valence-electron chi connectivity index (χ1n) is 9.87. The Morgan fingerprint density at radius 1 is 1.18 bits per heavy atom. The van der Waals surface area contributed by atoms with Crippen LogP contribution in [0.1, 0.15) is 12.8 Å². The predicted molar refractivity (Wildman–Crippen MR) is 103 cm³/mol. The van der Waals surface area contributed by atoms with Crippen LogP contribution in [0.3, 0.4) is 0 Å². The third kappa shape index (κ3) is 4.69. The maximum atomic E-state index is 12.2. The Labute approximate surface area is 164 Å². The highest BCUT2D eigenvalue weighted by molar-refractivity contribution is 5.77. The second-order valence-corrected chi connectivity index (χ2v) is 7.75. The van der Waals surface area contributed by atoms with Gasteiger partial charge >= 0.3 is 0 Å². The van der Waals surface area contributed by atoms with Crippen molar-refractivity contribution in [3.05, 3.63) is 43.0 Å². The SMILES string of the molecule is O=C(COc1ccccc1)N[C@H]1C[C@H]2CN(CCn3cncn3)C[C@H]2C[C@@H]1O. The van der Waals surface area contributed by atoms with Crippen LogP contribution in [0.15, 0.2) is 43.0 Å². The molecule has 2 aromatic rings. The van der Waals surface area contributed by atoms with E-state index in [-0.39, 0.29) is 18.6 Å². The molecule has 2 heterocycles. The highest BCUT2D eigenvalue weighted by Crippen LogP contribution is 2.36. The molecule has 4 rings (SSSR count). The summed E-state index contributed by atoms with van der Waals surface area (Å²) >= 11 is 0. The van der Waals surface area contributed by atoms with E-state index in [0.29, 0.717) is 17.6 Å². The van der Waals surface area contributed by atoms with Crippen molar-refractivity contribution in [3.63, 3.8) is 0 Å². The Morgan fingerprint density at radius 3 is 2.71 bits per heavy atom. The molecule has 0 bridgehead atoms. The largest absolute Gasteiger partial charge is 0.484 e. The quantitative estimate of drug-likeness (QED) is 0.723. The van der Waals surface area contributed by atoms with Crippen LogP contribution >= 0.6 is 0 Å². The summed E-state index contributed by atoms with van der Waals surface area (Å²) in [5, 5.41) is 17.6.